The van der Waals surface area contributed by atoms with Crippen LogP contribution in [0.25, 0.3) is 0 Å². The van der Waals surface area contributed by atoms with Gasteiger partial charge in [0.2, 0.25) is 0 Å². The third-order valence-electron chi connectivity index (χ3n) is 2.65. The summed E-state index contributed by atoms with van der Waals surface area (Å²) >= 11 is 5.73. The Kier molecular flexibility index (Phi) is 3.38. The fraction of sp³-hybridized carbons (Fsp3) is 0.600. The van der Waals surface area contributed by atoms with Crippen LogP contribution in [-0.2, 0) is 0 Å². The molecule has 2 rings (SSSR count). The fourth-order valence-corrected chi connectivity index (χ4v) is 1.99. The van der Waals surface area contributed by atoms with Gasteiger partial charge in [0.1, 0.15) is 11.0 Å². The van der Waals surface area contributed by atoms with E-state index in [1.54, 1.807) is 6.20 Å². The second-order valence-corrected chi connectivity index (χ2v) is 4.26. The minimum absolute atomic E-state index is 0.131. The van der Waals surface area contributed by atoms with Crippen molar-refractivity contribution in [2.24, 2.45) is 0 Å². The second kappa shape index (κ2) is 4.77. The molecule has 0 saturated heterocycles. The molecule has 1 fully saturated rings. The Morgan fingerprint density at radius 2 is 2.00 bits per heavy atom. The number of nitrogens with zero attached hydrogens (tertiary/aromatic N) is 2. The van der Waals surface area contributed by atoms with Crippen molar-refractivity contribution in [1.82, 2.24) is 9.97 Å². The summed E-state index contributed by atoms with van der Waals surface area (Å²) in [5, 5.41) is 13.0. The van der Waals surface area contributed by atoms with Gasteiger partial charge in [-0.2, -0.15) is 0 Å². The lowest BCUT2D eigenvalue weighted by atomic mass is 9.93. The Morgan fingerprint density at radius 1 is 1.27 bits per heavy atom. The number of aromatic nitrogens is 2. The van der Waals surface area contributed by atoms with Crippen molar-refractivity contribution in [2.45, 2.75) is 37.8 Å². The van der Waals surface area contributed by atoms with Crippen LogP contribution < -0.4 is 5.32 Å². The van der Waals surface area contributed by atoms with Crippen molar-refractivity contribution in [1.29, 1.82) is 0 Å². The Morgan fingerprint density at radius 3 is 2.67 bits per heavy atom. The molecule has 4 nitrogen and oxygen atoms in total. The molecule has 0 radical (unpaired) electrons. The summed E-state index contributed by atoms with van der Waals surface area (Å²) in [7, 11) is 0. The van der Waals surface area contributed by atoms with E-state index >= 15 is 0 Å². The maximum absolute atomic E-state index is 9.36. The van der Waals surface area contributed by atoms with Gasteiger partial charge in [0, 0.05) is 6.04 Å². The fourth-order valence-electron chi connectivity index (χ4n) is 1.84. The zero-order valence-electron chi connectivity index (χ0n) is 8.36. The van der Waals surface area contributed by atoms with Crippen LogP contribution in [0.3, 0.4) is 0 Å². The molecule has 2 N–H and O–H groups in total. The van der Waals surface area contributed by atoms with E-state index in [2.05, 4.69) is 15.3 Å². The Labute approximate surface area is 93.7 Å². The molecule has 0 atom stereocenters. The molecule has 0 unspecified atom stereocenters. The van der Waals surface area contributed by atoms with Crippen LogP contribution in [0.4, 0.5) is 5.82 Å². The van der Waals surface area contributed by atoms with Gasteiger partial charge in [0.05, 0.1) is 18.5 Å². The van der Waals surface area contributed by atoms with Crippen LogP contribution in [0.5, 0.6) is 0 Å². The summed E-state index contributed by atoms with van der Waals surface area (Å²) in [6, 6.07) is 0.376. The molecule has 1 aliphatic carbocycles. The summed E-state index contributed by atoms with van der Waals surface area (Å²) in [5.41, 5.74) is 0. The summed E-state index contributed by atoms with van der Waals surface area (Å²) in [6.07, 6.45) is 6.68. The summed E-state index contributed by atoms with van der Waals surface area (Å²) < 4.78 is 0. The number of nitrogens with one attached hydrogen (secondary N) is 1. The quantitative estimate of drug-likeness (QED) is 0.810. The molecule has 0 bridgehead atoms. The van der Waals surface area contributed by atoms with Crippen LogP contribution >= 0.6 is 11.6 Å². The molecule has 5 heteroatoms. The van der Waals surface area contributed by atoms with Crippen LogP contribution in [0.1, 0.15) is 25.7 Å². The molecule has 82 valence electrons. The third-order valence-corrected chi connectivity index (χ3v) is 2.84. The predicted octanol–water partition coefficient (Wildman–Crippen LogP) is 1.85. The predicted molar refractivity (Wildman–Crippen MR) is 58.9 cm³/mol. The minimum atomic E-state index is -0.131. The lowest BCUT2D eigenvalue weighted by Crippen LogP contribution is -2.28. The molecule has 0 aliphatic heterocycles. The average molecular weight is 228 g/mol. The van der Waals surface area contributed by atoms with Gasteiger partial charge in [-0.05, 0) is 25.7 Å². The molecule has 1 aromatic rings. The molecule has 1 saturated carbocycles. The lowest BCUT2D eigenvalue weighted by Gasteiger charge is -2.26. The van der Waals surface area contributed by atoms with Crippen molar-refractivity contribution in [3.8, 4) is 0 Å². The number of aliphatic hydroxyl groups excluding tert-OH is 1. The van der Waals surface area contributed by atoms with Crippen molar-refractivity contribution in [3.05, 3.63) is 17.5 Å². The first kappa shape index (κ1) is 10.6. The van der Waals surface area contributed by atoms with E-state index in [9.17, 15) is 5.11 Å². The van der Waals surface area contributed by atoms with Gasteiger partial charge in [0.15, 0.2) is 0 Å². The highest BCUT2D eigenvalue weighted by Gasteiger charge is 2.19. The Bertz CT molecular complexity index is 326. The van der Waals surface area contributed by atoms with Crippen LogP contribution in [-0.4, -0.2) is 27.2 Å². The standard InChI is InChI=1S/C10H14ClN3O/c11-9-5-12-6-10(14-9)13-7-1-3-8(15)4-2-7/h5-8,15H,1-4H2,(H,13,14)/t7-,8-. The zero-order valence-corrected chi connectivity index (χ0v) is 9.11. The molecular formula is C10H14ClN3O. The number of halogens is 1. The molecular weight excluding hydrogens is 214 g/mol. The highest BCUT2D eigenvalue weighted by Crippen LogP contribution is 2.21. The number of hydrogen-bond donors (Lipinski definition) is 2. The molecule has 0 spiro atoms. The molecule has 0 amide bonds. The van der Waals surface area contributed by atoms with Crippen molar-refractivity contribution >= 4 is 17.4 Å². The highest BCUT2D eigenvalue weighted by molar-refractivity contribution is 6.29. The van der Waals surface area contributed by atoms with Gasteiger partial charge in [-0.1, -0.05) is 11.6 Å². The second-order valence-electron chi connectivity index (χ2n) is 3.88. The van der Waals surface area contributed by atoms with E-state index < -0.39 is 0 Å². The normalized spacial score (nSPS) is 26.3. The summed E-state index contributed by atoms with van der Waals surface area (Å²) in [5.74, 6) is 0.712. The van der Waals surface area contributed by atoms with E-state index in [1.807, 2.05) is 0 Å². The van der Waals surface area contributed by atoms with E-state index in [0.717, 1.165) is 25.7 Å². The van der Waals surface area contributed by atoms with Crippen LogP contribution in [0.2, 0.25) is 5.15 Å². The van der Waals surface area contributed by atoms with Gasteiger partial charge in [-0.25, -0.2) is 4.98 Å². The molecule has 0 aromatic carbocycles. The van der Waals surface area contributed by atoms with E-state index in [1.165, 1.54) is 6.20 Å². The van der Waals surface area contributed by atoms with Gasteiger partial charge in [-0.3, -0.25) is 4.98 Å². The summed E-state index contributed by atoms with van der Waals surface area (Å²) in [6.45, 7) is 0. The number of aliphatic hydroxyl groups is 1. The Hall–Kier alpha value is -0.870. The number of rotatable bonds is 2. The first-order valence-electron chi connectivity index (χ1n) is 5.16. The van der Waals surface area contributed by atoms with Crippen LogP contribution in [0, 0.1) is 0 Å². The molecule has 1 aromatic heterocycles. The van der Waals surface area contributed by atoms with Gasteiger partial charge >= 0.3 is 0 Å². The molecule has 1 heterocycles. The van der Waals surface area contributed by atoms with Crippen molar-refractivity contribution in [3.63, 3.8) is 0 Å². The first-order chi connectivity index (χ1) is 7.24. The Balaban J connectivity index is 1.92. The minimum Gasteiger partial charge on any atom is -0.393 e. The highest BCUT2D eigenvalue weighted by atomic mass is 35.5. The largest absolute Gasteiger partial charge is 0.393 e. The monoisotopic (exact) mass is 227 g/mol. The zero-order chi connectivity index (χ0) is 10.7. The third kappa shape index (κ3) is 3.04. The van der Waals surface area contributed by atoms with Gasteiger partial charge in [-0.15, -0.1) is 0 Å². The van der Waals surface area contributed by atoms with E-state index in [-0.39, 0.29) is 6.10 Å². The molecule has 1 aliphatic rings. The van der Waals surface area contributed by atoms with E-state index in [0.29, 0.717) is 17.0 Å². The average Bonchev–Trinajstić information content (AvgIpc) is 2.22. The van der Waals surface area contributed by atoms with E-state index in [4.69, 9.17) is 11.6 Å². The van der Waals surface area contributed by atoms with Crippen molar-refractivity contribution < 1.29 is 5.11 Å². The number of anilines is 1. The van der Waals surface area contributed by atoms with Gasteiger partial charge in [0.25, 0.3) is 0 Å². The smallest absolute Gasteiger partial charge is 0.149 e. The summed E-state index contributed by atoms with van der Waals surface area (Å²) in [4.78, 5) is 8.07. The SMILES string of the molecule is O[C@H]1CC[C@H](Nc2cncc(Cl)n2)CC1. The first-order valence-corrected chi connectivity index (χ1v) is 5.54. The van der Waals surface area contributed by atoms with Crippen LogP contribution in [0.15, 0.2) is 12.4 Å². The maximum Gasteiger partial charge on any atom is 0.149 e. The van der Waals surface area contributed by atoms with Gasteiger partial charge < -0.3 is 10.4 Å². The lowest BCUT2D eigenvalue weighted by molar-refractivity contribution is 0.126. The van der Waals surface area contributed by atoms with Crippen molar-refractivity contribution in [2.75, 3.05) is 5.32 Å². The topological polar surface area (TPSA) is 58.0 Å². The number of hydrogen-bond acceptors (Lipinski definition) is 4. The molecule has 15 heavy (non-hydrogen) atoms. The maximum atomic E-state index is 9.36.